The molecule has 1 unspecified atom stereocenters. The molecule has 0 bridgehead atoms. The topological polar surface area (TPSA) is 80.3 Å². The Morgan fingerprint density at radius 2 is 2.17 bits per heavy atom. The second kappa shape index (κ2) is 6.26. The van der Waals surface area contributed by atoms with Gasteiger partial charge in [-0.05, 0) is 56.3 Å². The minimum Gasteiger partial charge on any atom is -0.508 e. The van der Waals surface area contributed by atoms with E-state index >= 15 is 0 Å². The lowest BCUT2D eigenvalue weighted by molar-refractivity contribution is -0.203. The SMILES string of the molecule is C=C/C=C(O)\C=C1/CCC2(CCC(OC)CC2)C12N=C(N)N(C)O2. The van der Waals surface area contributed by atoms with Crippen molar-refractivity contribution in [1.29, 1.82) is 0 Å². The predicted molar refractivity (Wildman–Crippen MR) is 93.1 cm³/mol. The highest BCUT2D eigenvalue weighted by Crippen LogP contribution is 2.61. The summed E-state index contributed by atoms with van der Waals surface area (Å²) in [4.78, 5) is 11.0. The molecule has 3 rings (SSSR count). The molecule has 0 saturated heterocycles. The zero-order valence-corrected chi connectivity index (χ0v) is 14.5. The normalized spacial score (nSPS) is 38.3. The Labute approximate surface area is 143 Å². The van der Waals surface area contributed by atoms with Gasteiger partial charge in [0.05, 0.1) is 6.10 Å². The van der Waals surface area contributed by atoms with Crippen LogP contribution < -0.4 is 5.73 Å². The maximum atomic E-state index is 10.1. The summed E-state index contributed by atoms with van der Waals surface area (Å²) in [7, 11) is 3.55. The van der Waals surface area contributed by atoms with Crippen LogP contribution in [0.1, 0.15) is 38.5 Å². The van der Waals surface area contributed by atoms with Crippen molar-refractivity contribution in [2.24, 2.45) is 16.1 Å². The standard InChI is InChI=1S/C18H27N3O3/c1-4-5-14(22)12-13-6-9-17(10-7-15(23-3)8-11-17)18(13)20-16(19)21(2)24-18/h4-5,12,15,22H,1,6-11H2,2-3H3,(H2,19,20)/b13-12+,14-5+. The lowest BCUT2D eigenvalue weighted by atomic mass is 9.67. The van der Waals surface area contributed by atoms with Crippen LogP contribution in [0.3, 0.4) is 0 Å². The Bertz CT molecular complexity index is 603. The first-order chi connectivity index (χ1) is 11.5. The molecule has 1 atom stereocenters. The van der Waals surface area contributed by atoms with E-state index in [9.17, 15) is 5.11 Å². The highest BCUT2D eigenvalue weighted by atomic mass is 16.7. The minimum atomic E-state index is -0.812. The summed E-state index contributed by atoms with van der Waals surface area (Å²) >= 11 is 0. The van der Waals surface area contributed by atoms with Gasteiger partial charge in [0.1, 0.15) is 5.76 Å². The number of aliphatic hydroxyl groups excluding tert-OH is 1. The van der Waals surface area contributed by atoms with Gasteiger partial charge in [-0.25, -0.2) is 14.9 Å². The third kappa shape index (κ3) is 2.54. The molecule has 3 aliphatic rings. The van der Waals surface area contributed by atoms with Crippen LogP contribution in [0.15, 0.2) is 41.1 Å². The predicted octanol–water partition coefficient (Wildman–Crippen LogP) is 2.80. The first-order valence-corrected chi connectivity index (χ1v) is 8.50. The molecule has 2 spiro atoms. The van der Waals surface area contributed by atoms with Crippen molar-refractivity contribution in [3.8, 4) is 0 Å². The van der Waals surface area contributed by atoms with Gasteiger partial charge in [-0.2, -0.15) is 0 Å². The Morgan fingerprint density at radius 1 is 1.46 bits per heavy atom. The summed E-state index contributed by atoms with van der Waals surface area (Å²) in [5.41, 5.74) is 6.10. The zero-order valence-electron chi connectivity index (χ0n) is 14.5. The van der Waals surface area contributed by atoms with Gasteiger partial charge in [0.25, 0.3) is 0 Å². The molecule has 0 radical (unpaired) electrons. The number of rotatable bonds is 3. The van der Waals surface area contributed by atoms with Crippen molar-refractivity contribution in [3.63, 3.8) is 0 Å². The third-order valence-electron chi connectivity index (χ3n) is 5.72. The summed E-state index contributed by atoms with van der Waals surface area (Å²) in [5.74, 6) is 0.539. The van der Waals surface area contributed by atoms with Gasteiger partial charge < -0.3 is 15.6 Å². The van der Waals surface area contributed by atoms with Gasteiger partial charge in [-0.15, -0.1) is 0 Å². The van der Waals surface area contributed by atoms with Crippen molar-refractivity contribution < 1.29 is 14.7 Å². The van der Waals surface area contributed by atoms with Crippen LogP contribution in [0.5, 0.6) is 0 Å². The van der Waals surface area contributed by atoms with Gasteiger partial charge in [-0.3, -0.25) is 0 Å². The second-order valence-corrected chi connectivity index (χ2v) is 6.91. The monoisotopic (exact) mass is 333 g/mol. The largest absolute Gasteiger partial charge is 0.508 e. The average Bonchev–Trinajstić information content (AvgIpc) is 3.01. The number of aliphatic hydroxyl groups is 1. The van der Waals surface area contributed by atoms with Crippen LogP contribution in [0, 0.1) is 5.41 Å². The lowest BCUT2D eigenvalue weighted by Crippen LogP contribution is -2.48. The van der Waals surface area contributed by atoms with Gasteiger partial charge in [0, 0.05) is 19.6 Å². The number of hydrogen-bond donors (Lipinski definition) is 2. The molecule has 2 saturated carbocycles. The van der Waals surface area contributed by atoms with Crippen LogP contribution >= 0.6 is 0 Å². The van der Waals surface area contributed by atoms with Gasteiger partial charge in [0.2, 0.25) is 11.7 Å². The van der Waals surface area contributed by atoms with Crippen molar-refractivity contribution in [1.82, 2.24) is 5.06 Å². The molecule has 1 aliphatic heterocycles. The number of allylic oxidation sites excluding steroid dienone is 3. The molecule has 0 amide bonds. The average molecular weight is 333 g/mol. The summed E-state index contributed by atoms with van der Waals surface area (Å²) < 4.78 is 5.52. The Balaban J connectivity index is 2.00. The second-order valence-electron chi connectivity index (χ2n) is 6.91. The number of hydrogen-bond acceptors (Lipinski definition) is 6. The Hall–Kier alpha value is -1.79. The smallest absolute Gasteiger partial charge is 0.218 e. The molecule has 0 aromatic heterocycles. The fraction of sp³-hybridized carbons (Fsp3) is 0.611. The number of fused-ring (bicyclic) bond motifs is 1. The Kier molecular flexibility index (Phi) is 4.44. The lowest BCUT2D eigenvalue weighted by Gasteiger charge is -2.45. The molecule has 6 nitrogen and oxygen atoms in total. The first-order valence-electron chi connectivity index (χ1n) is 8.50. The number of hydroxylamine groups is 2. The van der Waals surface area contributed by atoms with E-state index < -0.39 is 5.72 Å². The van der Waals surface area contributed by atoms with Crippen LogP contribution in [-0.2, 0) is 9.57 Å². The van der Waals surface area contributed by atoms with Gasteiger partial charge in [0.15, 0.2) is 0 Å². The number of guanidine groups is 1. The van der Waals surface area contributed by atoms with Gasteiger partial charge >= 0.3 is 0 Å². The molecular weight excluding hydrogens is 306 g/mol. The van der Waals surface area contributed by atoms with Crippen LogP contribution in [-0.4, -0.2) is 42.1 Å². The molecule has 3 N–H and O–H groups in total. The van der Waals surface area contributed by atoms with Crippen molar-refractivity contribution in [3.05, 3.63) is 36.1 Å². The Morgan fingerprint density at radius 3 is 2.71 bits per heavy atom. The van der Waals surface area contributed by atoms with E-state index in [1.54, 1.807) is 32.4 Å². The van der Waals surface area contributed by atoms with Crippen molar-refractivity contribution in [2.75, 3.05) is 14.2 Å². The molecule has 1 heterocycles. The van der Waals surface area contributed by atoms with E-state index in [0.29, 0.717) is 12.1 Å². The zero-order chi connectivity index (χ0) is 17.4. The number of nitrogens with zero attached hydrogens (tertiary/aromatic N) is 2. The number of ether oxygens (including phenoxy) is 1. The fourth-order valence-electron chi connectivity index (χ4n) is 4.38. The summed E-state index contributed by atoms with van der Waals surface area (Å²) in [6.45, 7) is 3.62. The molecular formula is C18H27N3O3. The quantitative estimate of drug-likeness (QED) is 0.613. The van der Waals surface area contributed by atoms with E-state index in [2.05, 4.69) is 6.58 Å². The molecule has 6 heteroatoms. The number of aliphatic imine (C=N–C) groups is 1. The summed E-state index contributed by atoms with van der Waals surface area (Å²) in [5, 5.41) is 11.6. The van der Waals surface area contributed by atoms with E-state index in [0.717, 1.165) is 44.1 Å². The van der Waals surface area contributed by atoms with E-state index in [1.807, 2.05) is 0 Å². The molecule has 0 aromatic carbocycles. The molecule has 24 heavy (non-hydrogen) atoms. The van der Waals surface area contributed by atoms with Crippen LogP contribution in [0.2, 0.25) is 0 Å². The van der Waals surface area contributed by atoms with Crippen LogP contribution in [0.4, 0.5) is 0 Å². The molecule has 2 fully saturated rings. The van der Waals surface area contributed by atoms with Crippen molar-refractivity contribution in [2.45, 2.75) is 50.4 Å². The van der Waals surface area contributed by atoms with Crippen LogP contribution in [0.25, 0.3) is 0 Å². The molecule has 132 valence electrons. The molecule has 0 aromatic rings. The summed E-state index contributed by atoms with van der Waals surface area (Å²) in [6.07, 6.45) is 10.9. The highest BCUT2D eigenvalue weighted by molar-refractivity contribution is 5.79. The molecule has 2 aliphatic carbocycles. The van der Waals surface area contributed by atoms with Gasteiger partial charge in [-0.1, -0.05) is 12.7 Å². The summed E-state index contributed by atoms with van der Waals surface area (Å²) in [6, 6.07) is 0. The fourth-order valence-corrected chi connectivity index (χ4v) is 4.38. The number of nitrogens with two attached hydrogens (primary N) is 1. The van der Waals surface area contributed by atoms with Crippen molar-refractivity contribution >= 4 is 5.96 Å². The third-order valence-corrected chi connectivity index (χ3v) is 5.72. The first kappa shape index (κ1) is 17.0. The van der Waals surface area contributed by atoms with E-state index in [4.69, 9.17) is 20.3 Å². The number of methoxy groups -OCH3 is 1. The minimum absolute atomic E-state index is 0.0995. The highest BCUT2D eigenvalue weighted by Gasteiger charge is 2.63. The maximum Gasteiger partial charge on any atom is 0.218 e. The maximum absolute atomic E-state index is 10.1. The van der Waals surface area contributed by atoms with E-state index in [1.165, 1.54) is 5.06 Å². The van der Waals surface area contributed by atoms with E-state index in [-0.39, 0.29) is 11.2 Å².